The highest BCUT2D eigenvalue weighted by Crippen LogP contribution is 2.44. The number of allylic oxidation sites excluding steroid dienone is 6. The van der Waals surface area contributed by atoms with Crippen molar-refractivity contribution in [2.75, 3.05) is 40.1 Å². The molecule has 2 aliphatic carbocycles. The van der Waals surface area contributed by atoms with Gasteiger partial charge in [-0.15, -0.1) is 0 Å². The van der Waals surface area contributed by atoms with Gasteiger partial charge in [0.05, 0.1) is 35.1 Å². The highest BCUT2D eigenvalue weighted by molar-refractivity contribution is 7.92. The van der Waals surface area contributed by atoms with Crippen LogP contribution in [0.2, 0.25) is 0 Å². The molecule has 0 fully saturated rings. The van der Waals surface area contributed by atoms with Crippen molar-refractivity contribution in [2.24, 2.45) is 4.40 Å². The van der Waals surface area contributed by atoms with Gasteiger partial charge in [-0.2, -0.15) is 4.40 Å². The van der Waals surface area contributed by atoms with Crippen LogP contribution in [-0.2, 0) is 24.8 Å². The molecule has 3 aromatic rings. The first-order valence-electron chi connectivity index (χ1n) is 21.3. The van der Waals surface area contributed by atoms with Crippen LogP contribution in [-0.4, -0.2) is 59.0 Å². The van der Waals surface area contributed by atoms with Crippen LogP contribution in [0, 0.1) is 13.8 Å². The van der Waals surface area contributed by atoms with E-state index >= 15 is 0 Å². The van der Waals surface area contributed by atoms with Gasteiger partial charge < -0.3 is 14.9 Å². The number of ketones is 1. The minimum Gasteiger partial charge on any atom is -0.506 e. The van der Waals surface area contributed by atoms with Crippen molar-refractivity contribution in [3.05, 3.63) is 124 Å². The zero-order valence-corrected chi connectivity index (χ0v) is 37.8. The number of aryl methyl sites for hydroxylation is 2. The molecule has 0 heterocycles. The van der Waals surface area contributed by atoms with E-state index in [0.29, 0.717) is 18.8 Å². The van der Waals surface area contributed by atoms with Gasteiger partial charge in [0.1, 0.15) is 5.76 Å². The number of carbonyl (C=O) groups excluding carboxylic acids is 1. The van der Waals surface area contributed by atoms with Crippen LogP contribution in [0.15, 0.2) is 112 Å². The summed E-state index contributed by atoms with van der Waals surface area (Å²) in [5.74, 6) is -0.925. The summed E-state index contributed by atoms with van der Waals surface area (Å²) in [6.07, 6.45) is 20.4. The molecule has 0 aromatic heterocycles. The Hall–Kier alpha value is -4.94. The van der Waals surface area contributed by atoms with Crippen molar-refractivity contribution in [1.29, 1.82) is 0 Å². The van der Waals surface area contributed by atoms with Crippen LogP contribution in [0.4, 0.5) is 22.7 Å². The summed E-state index contributed by atoms with van der Waals surface area (Å²) < 4.78 is 57.6. The molecule has 0 saturated carbocycles. The van der Waals surface area contributed by atoms with Gasteiger partial charge in [0.25, 0.3) is 10.0 Å². The van der Waals surface area contributed by atoms with Crippen molar-refractivity contribution in [3.63, 3.8) is 0 Å². The van der Waals surface area contributed by atoms with Crippen LogP contribution >= 0.6 is 0 Å². The average molecular weight is 855 g/mol. The molecule has 322 valence electrons. The number of nitrogens with zero attached hydrogens (tertiary/aromatic N) is 3. The SMILES string of the molecule is CCCCCCCCN(C1=CC(=NS(C)(=O)=O)C(=C2C(=O)C(c3ccc(N(CCCCCCCC)c4ccc(C)cc4)cc3NS(C)(=O)=O)=C2O)C=C1)c1ccc(C)cc1. The van der Waals surface area contributed by atoms with Crippen molar-refractivity contribution in [1.82, 2.24) is 0 Å². The largest absolute Gasteiger partial charge is 0.506 e. The number of Topliss-reactive ketones (excluding diaryl/α,β-unsaturated/α-hetero) is 1. The first-order chi connectivity index (χ1) is 28.6. The van der Waals surface area contributed by atoms with Crippen LogP contribution in [0.5, 0.6) is 0 Å². The quantitative estimate of drug-likeness (QED) is 0.0753. The second kappa shape index (κ2) is 21.0. The Morgan fingerprint density at radius 3 is 1.65 bits per heavy atom. The first-order valence-corrected chi connectivity index (χ1v) is 25.1. The zero-order chi connectivity index (χ0) is 43.5. The standard InChI is InChI=1S/C48H62N4O6S2/c1-7-9-11-13-15-17-31-51(37-23-19-35(3)20-24-37)39-27-29-41(43(33-39)49-59(5,55)56)45-47(53)46(48(45)54)42-30-28-40(34-44(42)50-60(6,57)58)52(32-18-16-14-12-10-8-2)38-25-21-36(4)22-26-38/h19-30,33-34,49,53H,7-18,31-32H2,1-6H3. The second-order valence-electron chi connectivity index (χ2n) is 16.1. The van der Waals surface area contributed by atoms with E-state index in [9.17, 15) is 26.7 Å². The number of carbonyl (C=O) groups is 1. The Balaban J connectivity index is 1.53. The van der Waals surface area contributed by atoms with Gasteiger partial charge in [-0.1, -0.05) is 113 Å². The molecule has 0 amide bonds. The molecule has 2 aliphatic rings. The number of anilines is 4. The van der Waals surface area contributed by atoms with E-state index in [4.69, 9.17) is 0 Å². The molecule has 3 aromatic carbocycles. The Morgan fingerprint density at radius 1 is 0.633 bits per heavy atom. The predicted molar refractivity (Wildman–Crippen MR) is 249 cm³/mol. The summed E-state index contributed by atoms with van der Waals surface area (Å²) in [5.41, 5.74) is 5.92. The maximum Gasteiger partial charge on any atom is 0.250 e. The van der Waals surface area contributed by atoms with E-state index in [-0.39, 0.29) is 39.4 Å². The maximum atomic E-state index is 14.2. The summed E-state index contributed by atoms with van der Waals surface area (Å²) in [5, 5.41) is 11.7. The van der Waals surface area contributed by atoms with E-state index < -0.39 is 25.8 Å². The van der Waals surface area contributed by atoms with Gasteiger partial charge in [0.15, 0.2) is 0 Å². The number of nitrogens with one attached hydrogen (secondary N) is 1. The molecule has 60 heavy (non-hydrogen) atoms. The normalized spacial score (nSPS) is 16.3. The minimum atomic E-state index is -3.94. The number of aliphatic hydroxyl groups excluding tert-OH is 1. The lowest BCUT2D eigenvalue weighted by atomic mass is 9.78. The summed E-state index contributed by atoms with van der Waals surface area (Å²) in [6, 6.07) is 21.4. The Kier molecular flexibility index (Phi) is 16.2. The van der Waals surface area contributed by atoms with Crippen molar-refractivity contribution >= 4 is 59.9 Å². The smallest absolute Gasteiger partial charge is 0.250 e. The van der Waals surface area contributed by atoms with Crippen molar-refractivity contribution in [2.45, 2.75) is 105 Å². The molecule has 0 atom stereocenters. The fourth-order valence-electron chi connectivity index (χ4n) is 7.62. The van der Waals surface area contributed by atoms with Gasteiger partial charge in [-0.25, -0.2) is 16.8 Å². The first kappa shape index (κ1) is 46.1. The van der Waals surface area contributed by atoms with Crippen LogP contribution in [0.3, 0.4) is 0 Å². The van der Waals surface area contributed by atoms with Gasteiger partial charge in [-0.05, 0) is 87.4 Å². The monoisotopic (exact) mass is 854 g/mol. The zero-order valence-electron chi connectivity index (χ0n) is 36.1. The van der Waals surface area contributed by atoms with Crippen LogP contribution in [0.25, 0.3) is 5.57 Å². The molecular weight excluding hydrogens is 793 g/mol. The van der Waals surface area contributed by atoms with Gasteiger partial charge in [-0.3, -0.25) is 9.52 Å². The number of benzene rings is 3. The van der Waals surface area contributed by atoms with Crippen molar-refractivity contribution < 1.29 is 26.7 Å². The number of sulfonamides is 2. The number of hydrogen-bond donors (Lipinski definition) is 2. The maximum absolute atomic E-state index is 14.2. The van der Waals surface area contributed by atoms with E-state index in [1.807, 2.05) is 74.5 Å². The van der Waals surface area contributed by atoms with Crippen molar-refractivity contribution in [3.8, 4) is 0 Å². The Bertz CT molecular complexity index is 2380. The van der Waals surface area contributed by atoms with Gasteiger partial charge in [0, 0.05) is 47.0 Å². The number of hydrogen-bond acceptors (Lipinski definition) is 8. The molecule has 0 saturated heterocycles. The third kappa shape index (κ3) is 12.5. The lowest BCUT2D eigenvalue weighted by Crippen LogP contribution is -2.29. The minimum absolute atomic E-state index is 0.0253. The lowest BCUT2D eigenvalue weighted by Gasteiger charge is -2.30. The Morgan fingerprint density at radius 2 is 1.13 bits per heavy atom. The predicted octanol–water partition coefficient (Wildman–Crippen LogP) is 11.0. The fourth-order valence-corrected chi connectivity index (χ4v) is 8.70. The molecule has 2 N–H and O–H groups in total. The summed E-state index contributed by atoms with van der Waals surface area (Å²) in [6.45, 7) is 9.81. The van der Waals surface area contributed by atoms with E-state index in [1.165, 1.54) is 38.5 Å². The summed E-state index contributed by atoms with van der Waals surface area (Å²) in [7, 11) is -7.75. The molecule has 5 rings (SSSR count). The van der Waals surface area contributed by atoms with Gasteiger partial charge in [0.2, 0.25) is 15.8 Å². The lowest BCUT2D eigenvalue weighted by molar-refractivity contribution is -0.111. The second-order valence-corrected chi connectivity index (χ2v) is 19.5. The van der Waals surface area contributed by atoms with Gasteiger partial charge >= 0.3 is 0 Å². The summed E-state index contributed by atoms with van der Waals surface area (Å²) in [4.78, 5) is 18.5. The highest BCUT2D eigenvalue weighted by atomic mass is 32.2. The Labute approximate surface area is 358 Å². The number of unbranched alkanes of at least 4 members (excludes halogenated alkanes) is 10. The number of rotatable bonds is 22. The molecule has 0 spiro atoms. The molecule has 0 radical (unpaired) electrons. The highest BCUT2D eigenvalue weighted by Gasteiger charge is 2.40. The van der Waals surface area contributed by atoms with E-state index in [2.05, 4.69) is 32.8 Å². The molecular formula is C48H62N4O6S2. The third-order valence-electron chi connectivity index (χ3n) is 10.8. The summed E-state index contributed by atoms with van der Waals surface area (Å²) >= 11 is 0. The fraction of sp³-hybridized carbons (Fsp3) is 0.417. The van der Waals surface area contributed by atoms with E-state index in [1.54, 1.807) is 24.3 Å². The molecule has 12 heteroatoms. The molecule has 0 aliphatic heterocycles. The van der Waals surface area contributed by atoms with Crippen LogP contribution < -0.4 is 14.5 Å². The average Bonchev–Trinajstić information content (AvgIpc) is 3.19. The molecule has 0 bridgehead atoms. The third-order valence-corrected chi connectivity index (χ3v) is 11.9. The topological polar surface area (TPSA) is 136 Å². The molecule has 10 nitrogen and oxygen atoms in total. The van der Waals surface area contributed by atoms with E-state index in [0.717, 1.165) is 79.2 Å². The number of aliphatic hydroxyl groups is 1. The van der Waals surface area contributed by atoms with Crippen LogP contribution in [0.1, 0.15) is 108 Å². The molecule has 0 unspecified atom stereocenters.